The van der Waals surface area contributed by atoms with E-state index in [4.69, 9.17) is 0 Å². The largest absolute Gasteiger partial charge is 0.302 e. The third-order valence-corrected chi connectivity index (χ3v) is 7.74. The lowest BCUT2D eigenvalue weighted by Crippen LogP contribution is -2.39. The topological polar surface area (TPSA) is 93.0 Å². The maximum atomic E-state index is 13.0. The molecule has 3 aromatic rings. The van der Waals surface area contributed by atoms with Gasteiger partial charge >= 0.3 is 0 Å². The molecule has 3 heterocycles. The molecule has 1 aromatic carbocycles. The summed E-state index contributed by atoms with van der Waals surface area (Å²) in [7, 11) is -3.68. The molecule has 0 saturated carbocycles. The van der Waals surface area contributed by atoms with E-state index in [-0.39, 0.29) is 4.90 Å². The first-order valence-electron chi connectivity index (χ1n) is 11.0. The molecule has 170 valence electrons. The second-order valence-electron chi connectivity index (χ2n) is 8.48. The summed E-state index contributed by atoms with van der Waals surface area (Å²) in [6.07, 6.45) is 2.34. The van der Waals surface area contributed by atoms with E-state index >= 15 is 0 Å². The SMILES string of the molecule is Cc1nn(-c2ccc(-c3ccccc3)nn2)c(C)c1S(=O)(=O)NCCN1CCC(C)CC1. The maximum Gasteiger partial charge on any atom is 0.244 e. The molecule has 0 radical (unpaired) electrons. The predicted molar refractivity (Wildman–Crippen MR) is 124 cm³/mol. The van der Waals surface area contributed by atoms with Crippen LogP contribution in [0.3, 0.4) is 0 Å². The Morgan fingerprint density at radius 2 is 1.75 bits per heavy atom. The molecule has 1 aliphatic heterocycles. The highest BCUT2D eigenvalue weighted by molar-refractivity contribution is 7.89. The third-order valence-electron chi connectivity index (χ3n) is 6.03. The van der Waals surface area contributed by atoms with Crippen molar-refractivity contribution < 1.29 is 8.42 Å². The van der Waals surface area contributed by atoms with Crippen molar-refractivity contribution in [2.24, 2.45) is 5.92 Å². The van der Waals surface area contributed by atoms with Gasteiger partial charge in [0.1, 0.15) is 4.90 Å². The van der Waals surface area contributed by atoms with Crippen LogP contribution in [0.4, 0.5) is 0 Å². The Kier molecular flexibility index (Phi) is 6.68. The lowest BCUT2D eigenvalue weighted by Gasteiger charge is -2.30. The predicted octanol–water partition coefficient (Wildman–Crippen LogP) is 2.96. The van der Waals surface area contributed by atoms with Crippen molar-refractivity contribution in [2.75, 3.05) is 26.2 Å². The molecule has 1 N–H and O–H groups in total. The first-order chi connectivity index (χ1) is 15.3. The van der Waals surface area contributed by atoms with Gasteiger partial charge in [0.25, 0.3) is 0 Å². The number of likely N-dealkylation sites (tertiary alicyclic amines) is 1. The number of rotatable bonds is 7. The van der Waals surface area contributed by atoms with Gasteiger partial charge in [0.2, 0.25) is 10.0 Å². The number of aryl methyl sites for hydroxylation is 1. The minimum Gasteiger partial charge on any atom is -0.302 e. The van der Waals surface area contributed by atoms with Crippen LogP contribution in [0, 0.1) is 19.8 Å². The molecule has 1 aliphatic rings. The molecule has 0 bridgehead atoms. The fourth-order valence-corrected chi connectivity index (χ4v) is 5.55. The molecule has 0 spiro atoms. The van der Waals surface area contributed by atoms with Gasteiger partial charge in [-0.1, -0.05) is 37.3 Å². The van der Waals surface area contributed by atoms with Gasteiger partial charge in [-0.15, -0.1) is 10.2 Å². The molecule has 8 nitrogen and oxygen atoms in total. The molecule has 4 rings (SSSR count). The van der Waals surface area contributed by atoms with E-state index in [9.17, 15) is 8.42 Å². The number of hydrogen-bond acceptors (Lipinski definition) is 6. The molecule has 0 unspecified atom stereocenters. The highest BCUT2D eigenvalue weighted by Crippen LogP contribution is 2.23. The molecular formula is C23H30N6O2S. The Morgan fingerprint density at radius 1 is 1.03 bits per heavy atom. The number of sulfonamides is 1. The molecule has 0 amide bonds. The van der Waals surface area contributed by atoms with Crippen LogP contribution in [0.25, 0.3) is 17.1 Å². The van der Waals surface area contributed by atoms with E-state index in [1.54, 1.807) is 19.9 Å². The van der Waals surface area contributed by atoms with E-state index in [0.717, 1.165) is 30.3 Å². The number of nitrogens with one attached hydrogen (secondary N) is 1. The highest BCUT2D eigenvalue weighted by Gasteiger charge is 2.26. The van der Waals surface area contributed by atoms with Crippen molar-refractivity contribution in [2.45, 2.75) is 38.5 Å². The summed E-state index contributed by atoms with van der Waals surface area (Å²) in [6, 6.07) is 13.4. The minimum atomic E-state index is -3.68. The molecular weight excluding hydrogens is 424 g/mol. The van der Waals surface area contributed by atoms with Crippen molar-refractivity contribution in [3.8, 4) is 17.1 Å². The molecule has 9 heteroatoms. The van der Waals surface area contributed by atoms with E-state index in [1.807, 2.05) is 36.4 Å². The van der Waals surface area contributed by atoms with Crippen LogP contribution < -0.4 is 4.72 Å². The Labute approximate surface area is 189 Å². The Balaban J connectivity index is 1.48. The zero-order valence-corrected chi connectivity index (χ0v) is 19.6. The standard InChI is InChI=1S/C23H30N6O2S/c1-17-11-14-28(15-12-17)16-13-24-32(30,31)23-18(2)27-29(19(23)3)22-10-9-21(25-26-22)20-7-5-4-6-8-20/h4-10,17,24H,11-16H2,1-3H3. The van der Waals surface area contributed by atoms with Gasteiger partial charge in [-0.3, -0.25) is 0 Å². The third kappa shape index (κ3) is 4.90. The van der Waals surface area contributed by atoms with Crippen LogP contribution in [0.15, 0.2) is 47.4 Å². The smallest absolute Gasteiger partial charge is 0.244 e. The fraction of sp³-hybridized carbons (Fsp3) is 0.435. The van der Waals surface area contributed by atoms with Gasteiger partial charge in [0.15, 0.2) is 5.82 Å². The van der Waals surface area contributed by atoms with Crippen LogP contribution >= 0.6 is 0 Å². The number of piperidine rings is 1. The lowest BCUT2D eigenvalue weighted by atomic mass is 9.99. The summed E-state index contributed by atoms with van der Waals surface area (Å²) in [5.41, 5.74) is 2.67. The zero-order valence-electron chi connectivity index (χ0n) is 18.8. The summed E-state index contributed by atoms with van der Waals surface area (Å²) >= 11 is 0. The quantitative estimate of drug-likeness (QED) is 0.590. The Bertz CT molecular complexity index is 1150. The number of aromatic nitrogens is 4. The van der Waals surface area contributed by atoms with E-state index in [0.29, 0.717) is 30.3 Å². The average molecular weight is 455 g/mol. The summed E-state index contributed by atoms with van der Waals surface area (Å²) in [4.78, 5) is 2.52. The van der Waals surface area contributed by atoms with Gasteiger partial charge < -0.3 is 4.90 Å². The molecule has 2 aromatic heterocycles. The van der Waals surface area contributed by atoms with Crippen LogP contribution in [0.1, 0.15) is 31.2 Å². The second kappa shape index (κ2) is 9.48. The van der Waals surface area contributed by atoms with Crippen LogP contribution in [0.5, 0.6) is 0 Å². The van der Waals surface area contributed by atoms with Gasteiger partial charge in [0, 0.05) is 18.7 Å². The molecule has 0 aliphatic carbocycles. The maximum absolute atomic E-state index is 13.0. The van der Waals surface area contributed by atoms with Gasteiger partial charge in [-0.05, 0) is 57.8 Å². The molecule has 1 saturated heterocycles. The normalized spacial score (nSPS) is 15.8. The monoisotopic (exact) mass is 454 g/mol. The summed E-state index contributed by atoms with van der Waals surface area (Å²) in [5, 5.41) is 13.0. The molecule has 32 heavy (non-hydrogen) atoms. The van der Waals surface area contributed by atoms with Crippen LogP contribution in [-0.4, -0.2) is 59.5 Å². The minimum absolute atomic E-state index is 0.207. The Hall–Kier alpha value is -2.62. The van der Waals surface area contributed by atoms with Crippen molar-refractivity contribution in [1.29, 1.82) is 0 Å². The average Bonchev–Trinajstić information content (AvgIpc) is 3.10. The van der Waals surface area contributed by atoms with Crippen LogP contribution in [-0.2, 0) is 10.0 Å². The first kappa shape index (κ1) is 22.6. The zero-order chi connectivity index (χ0) is 22.7. The number of hydrogen-bond donors (Lipinski definition) is 1. The Morgan fingerprint density at radius 3 is 2.41 bits per heavy atom. The highest BCUT2D eigenvalue weighted by atomic mass is 32.2. The van der Waals surface area contributed by atoms with E-state index in [1.165, 1.54) is 17.5 Å². The summed E-state index contributed by atoms with van der Waals surface area (Å²) < 4.78 is 30.4. The number of nitrogens with zero attached hydrogens (tertiary/aromatic N) is 5. The van der Waals surface area contributed by atoms with Crippen LogP contribution in [0.2, 0.25) is 0 Å². The molecule has 1 fully saturated rings. The first-order valence-corrected chi connectivity index (χ1v) is 12.5. The van der Waals surface area contributed by atoms with E-state index in [2.05, 4.69) is 31.8 Å². The van der Waals surface area contributed by atoms with Gasteiger partial charge in [-0.2, -0.15) is 5.10 Å². The van der Waals surface area contributed by atoms with Crippen molar-refractivity contribution in [3.05, 3.63) is 53.9 Å². The van der Waals surface area contributed by atoms with Crippen molar-refractivity contribution in [3.63, 3.8) is 0 Å². The fourth-order valence-electron chi connectivity index (χ4n) is 4.14. The molecule has 0 atom stereocenters. The van der Waals surface area contributed by atoms with Gasteiger partial charge in [-0.25, -0.2) is 17.8 Å². The summed E-state index contributed by atoms with van der Waals surface area (Å²) in [5.74, 6) is 1.23. The number of benzene rings is 1. The van der Waals surface area contributed by atoms with Crippen molar-refractivity contribution in [1.82, 2.24) is 29.6 Å². The van der Waals surface area contributed by atoms with Gasteiger partial charge in [0.05, 0.1) is 17.1 Å². The summed E-state index contributed by atoms with van der Waals surface area (Å²) in [6.45, 7) is 8.86. The van der Waals surface area contributed by atoms with E-state index < -0.39 is 10.0 Å². The second-order valence-corrected chi connectivity index (χ2v) is 10.2. The lowest BCUT2D eigenvalue weighted by molar-refractivity contribution is 0.195. The van der Waals surface area contributed by atoms with Crippen molar-refractivity contribution >= 4 is 10.0 Å².